The van der Waals surface area contributed by atoms with Gasteiger partial charge in [0.25, 0.3) is 11.5 Å². The van der Waals surface area contributed by atoms with Crippen LogP contribution in [0.25, 0.3) is 10.8 Å². The first-order valence-corrected chi connectivity index (χ1v) is 9.71. The number of unbranched alkanes of at least 4 members (excludes halogenated alkanes) is 2. The number of hydrogen-bond acceptors (Lipinski definition) is 5. The molecular weight excluding hydrogens is 372 g/mol. The molecule has 152 valence electrons. The van der Waals surface area contributed by atoms with Crippen molar-refractivity contribution < 1.29 is 14.0 Å². The van der Waals surface area contributed by atoms with Crippen molar-refractivity contribution in [3.63, 3.8) is 0 Å². The van der Waals surface area contributed by atoms with E-state index in [1.165, 1.54) is 4.68 Å². The third-order valence-corrected chi connectivity index (χ3v) is 4.55. The summed E-state index contributed by atoms with van der Waals surface area (Å²) in [5, 5.41) is 5.14. The lowest BCUT2D eigenvalue weighted by atomic mass is 10.1. The Balaban J connectivity index is 1.73. The molecule has 29 heavy (non-hydrogen) atoms. The summed E-state index contributed by atoms with van der Waals surface area (Å²) in [6.45, 7) is 2.51. The molecule has 0 unspecified atom stereocenters. The summed E-state index contributed by atoms with van der Waals surface area (Å²) in [4.78, 5) is 37.3. The van der Waals surface area contributed by atoms with Gasteiger partial charge in [0, 0.05) is 24.8 Å². The third kappa shape index (κ3) is 5.10. The normalized spacial score (nSPS) is 10.8. The molecule has 0 fully saturated rings. The van der Waals surface area contributed by atoms with Gasteiger partial charge in [-0.15, -0.1) is 0 Å². The highest BCUT2D eigenvalue weighted by Crippen LogP contribution is 2.13. The van der Waals surface area contributed by atoms with Crippen LogP contribution in [-0.2, 0) is 17.8 Å². The second-order valence-corrected chi connectivity index (χ2v) is 6.71. The Bertz CT molecular complexity index is 1040. The zero-order chi connectivity index (χ0) is 20.6. The number of carbonyl (C=O) groups is 2. The Morgan fingerprint density at radius 1 is 1.07 bits per heavy atom. The summed E-state index contributed by atoms with van der Waals surface area (Å²) >= 11 is 0. The van der Waals surface area contributed by atoms with Crippen molar-refractivity contribution in [3.8, 4) is 0 Å². The van der Waals surface area contributed by atoms with E-state index in [0.29, 0.717) is 29.5 Å². The van der Waals surface area contributed by atoms with E-state index < -0.39 is 5.91 Å². The van der Waals surface area contributed by atoms with Crippen molar-refractivity contribution in [2.45, 2.75) is 45.6 Å². The Morgan fingerprint density at radius 2 is 1.86 bits per heavy atom. The number of hydrazine groups is 1. The molecule has 8 heteroatoms. The van der Waals surface area contributed by atoms with E-state index in [1.54, 1.807) is 42.7 Å². The van der Waals surface area contributed by atoms with Crippen LogP contribution in [-0.4, -0.2) is 21.6 Å². The lowest BCUT2D eigenvalue weighted by Gasteiger charge is -2.11. The molecule has 0 radical (unpaired) electrons. The Labute approximate surface area is 167 Å². The van der Waals surface area contributed by atoms with Crippen LogP contribution in [0.1, 0.15) is 48.9 Å². The van der Waals surface area contributed by atoms with E-state index in [1.807, 2.05) is 0 Å². The number of aromatic nitrogens is 2. The van der Waals surface area contributed by atoms with Crippen LogP contribution >= 0.6 is 0 Å². The minimum atomic E-state index is -0.572. The number of rotatable bonds is 8. The maximum Gasteiger partial charge on any atom is 0.290 e. The molecule has 2 N–H and O–H groups in total. The monoisotopic (exact) mass is 396 g/mol. The molecule has 0 spiro atoms. The highest BCUT2D eigenvalue weighted by Gasteiger charge is 2.17. The first-order chi connectivity index (χ1) is 14.1. The highest BCUT2D eigenvalue weighted by atomic mass is 16.3. The molecule has 1 aromatic carbocycles. The summed E-state index contributed by atoms with van der Waals surface area (Å²) in [5.74, 6) is -0.231. The zero-order valence-corrected chi connectivity index (χ0v) is 16.3. The van der Waals surface area contributed by atoms with Gasteiger partial charge in [-0.1, -0.05) is 38.0 Å². The first kappa shape index (κ1) is 20.3. The number of nitrogens with one attached hydrogen (secondary N) is 2. The lowest BCUT2D eigenvalue weighted by molar-refractivity contribution is -0.121. The van der Waals surface area contributed by atoms with Gasteiger partial charge in [-0.2, -0.15) is 5.10 Å². The zero-order valence-electron chi connectivity index (χ0n) is 16.3. The van der Waals surface area contributed by atoms with E-state index in [-0.39, 0.29) is 23.6 Å². The molecule has 0 aliphatic carbocycles. The maximum atomic E-state index is 12.7. The lowest BCUT2D eigenvalue weighted by Crippen LogP contribution is -2.42. The number of nitrogens with zero attached hydrogens (tertiary/aromatic N) is 2. The summed E-state index contributed by atoms with van der Waals surface area (Å²) in [5.41, 5.74) is 4.65. The van der Waals surface area contributed by atoms with Gasteiger partial charge in [-0.05, 0) is 24.6 Å². The summed E-state index contributed by atoms with van der Waals surface area (Å²) in [6, 6.07) is 10.4. The molecule has 8 nitrogen and oxygen atoms in total. The van der Waals surface area contributed by atoms with Gasteiger partial charge >= 0.3 is 0 Å². The van der Waals surface area contributed by atoms with Crippen molar-refractivity contribution in [1.82, 2.24) is 20.6 Å². The molecule has 0 atom stereocenters. The number of aryl methyl sites for hydroxylation is 2. The second-order valence-electron chi connectivity index (χ2n) is 6.71. The van der Waals surface area contributed by atoms with Crippen LogP contribution < -0.4 is 16.4 Å². The molecule has 0 saturated heterocycles. The van der Waals surface area contributed by atoms with E-state index in [4.69, 9.17) is 4.42 Å². The largest absolute Gasteiger partial charge is 0.469 e. The van der Waals surface area contributed by atoms with Crippen LogP contribution in [0.5, 0.6) is 0 Å². The molecule has 2 heterocycles. The Hall–Kier alpha value is -3.42. The van der Waals surface area contributed by atoms with Crippen molar-refractivity contribution >= 4 is 22.6 Å². The minimum absolute atomic E-state index is 0.100. The van der Waals surface area contributed by atoms with Crippen LogP contribution in [0.15, 0.2) is 51.9 Å². The number of furan rings is 1. The number of hydrogen-bond donors (Lipinski definition) is 2. The topological polar surface area (TPSA) is 106 Å². The maximum absolute atomic E-state index is 12.7. The number of amides is 2. The summed E-state index contributed by atoms with van der Waals surface area (Å²) in [6.07, 6.45) is 4.91. The molecule has 2 aromatic heterocycles. The number of benzene rings is 1. The SMILES string of the molecule is CCCCCn1nc(C(=O)NNC(=O)CCc2ccco2)c2ccccc2c1=O. The molecule has 0 aliphatic rings. The number of carbonyl (C=O) groups excluding carboxylic acids is 2. The van der Waals surface area contributed by atoms with Gasteiger partial charge < -0.3 is 4.42 Å². The Morgan fingerprint density at radius 3 is 2.59 bits per heavy atom. The summed E-state index contributed by atoms with van der Waals surface area (Å²) in [7, 11) is 0. The van der Waals surface area contributed by atoms with Gasteiger partial charge in [0.05, 0.1) is 11.6 Å². The predicted octanol–water partition coefficient (Wildman–Crippen LogP) is 2.57. The fourth-order valence-corrected chi connectivity index (χ4v) is 3.01. The molecular formula is C21H24N4O4. The predicted molar refractivity (Wildman–Crippen MR) is 108 cm³/mol. The van der Waals surface area contributed by atoms with Crippen LogP contribution in [0.3, 0.4) is 0 Å². The van der Waals surface area contributed by atoms with Gasteiger partial charge in [0.1, 0.15) is 5.76 Å². The van der Waals surface area contributed by atoms with Crippen molar-refractivity contribution in [3.05, 3.63) is 64.5 Å². The molecule has 0 aliphatic heterocycles. The standard InChI is InChI=1S/C21H24N4O4/c1-2-3-6-13-25-21(28)17-10-5-4-9-16(17)19(24-25)20(27)23-22-18(26)12-11-15-8-7-14-29-15/h4-5,7-10,14H,2-3,6,11-13H2,1H3,(H,22,26)(H,23,27). The van der Waals surface area contributed by atoms with E-state index in [0.717, 1.165) is 19.3 Å². The van der Waals surface area contributed by atoms with E-state index in [9.17, 15) is 14.4 Å². The average molecular weight is 396 g/mol. The minimum Gasteiger partial charge on any atom is -0.469 e. The smallest absolute Gasteiger partial charge is 0.290 e. The highest BCUT2D eigenvalue weighted by molar-refractivity contribution is 6.05. The average Bonchev–Trinajstić information content (AvgIpc) is 3.26. The Kier molecular flexibility index (Phi) is 6.78. The molecule has 3 aromatic rings. The van der Waals surface area contributed by atoms with Gasteiger partial charge in [0.15, 0.2) is 5.69 Å². The summed E-state index contributed by atoms with van der Waals surface area (Å²) < 4.78 is 6.51. The van der Waals surface area contributed by atoms with Crippen LogP contribution in [0, 0.1) is 0 Å². The first-order valence-electron chi connectivity index (χ1n) is 9.71. The molecule has 0 bridgehead atoms. The van der Waals surface area contributed by atoms with Crippen molar-refractivity contribution in [1.29, 1.82) is 0 Å². The molecule has 2 amide bonds. The van der Waals surface area contributed by atoms with Gasteiger partial charge in [-0.25, -0.2) is 4.68 Å². The van der Waals surface area contributed by atoms with Crippen LogP contribution in [0.4, 0.5) is 0 Å². The fraction of sp³-hybridized carbons (Fsp3) is 0.333. The fourth-order valence-electron chi connectivity index (χ4n) is 3.01. The number of fused-ring (bicyclic) bond motifs is 1. The quantitative estimate of drug-likeness (QED) is 0.450. The third-order valence-electron chi connectivity index (χ3n) is 4.55. The van der Waals surface area contributed by atoms with Crippen molar-refractivity contribution in [2.24, 2.45) is 0 Å². The molecule has 0 saturated carbocycles. The van der Waals surface area contributed by atoms with Crippen molar-refractivity contribution in [2.75, 3.05) is 0 Å². The van der Waals surface area contributed by atoms with Gasteiger partial charge in [-0.3, -0.25) is 25.2 Å². The molecule has 3 rings (SSSR count). The van der Waals surface area contributed by atoms with Crippen LogP contribution in [0.2, 0.25) is 0 Å². The van der Waals surface area contributed by atoms with E-state index in [2.05, 4.69) is 22.9 Å². The van der Waals surface area contributed by atoms with Gasteiger partial charge in [0.2, 0.25) is 5.91 Å². The second kappa shape index (κ2) is 9.68. The van der Waals surface area contributed by atoms with E-state index >= 15 is 0 Å².